The molecule has 1 aliphatic rings. The lowest BCUT2D eigenvalue weighted by molar-refractivity contribution is -0.120. The Bertz CT molecular complexity index is 1150. The second-order valence-corrected chi connectivity index (χ2v) is 10.1. The van der Waals surface area contributed by atoms with Gasteiger partial charge in [0.2, 0.25) is 15.9 Å². The maximum absolute atomic E-state index is 13.2. The molecule has 1 N–H and O–H groups in total. The van der Waals surface area contributed by atoms with Gasteiger partial charge in [-0.15, -0.1) is 0 Å². The highest BCUT2D eigenvalue weighted by molar-refractivity contribution is 9.10. The summed E-state index contributed by atoms with van der Waals surface area (Å²) in [6.45, 7) is 0.620. The van der Waals surface area contributed by atoms with Crippen LogP contribution in [0.5, 0.6) is 0 Å². The van der Waals surface area contributed by atoms with Gasteiger partial charge in [0.05, 0.1) is 10.8 Å². The summed E-state index contributed by atoms with van der Waals surface area (Å²) in [4.78, 5) is 13.0. The average molecular weight is 473 g/mol. The number of carbonyl (C=O) groups excluding carboxylic acids is 1. The van der Waals surface area contributed by atoms with Crippen LogP contribution in [0.15, 0.2) is 76.1 Å². The zero-order valence-electron chi connectivity index (χ0n) is 15.7. The summed E-state index contributed by atoms with van der Waals surface area (Å²) in [6.07, 6.45) is 1.33. The summed E-state index contributed by atoms with van der Waals surface area (Å²) in [6, 6.07) is 20.2. The van der Waals surface area contributed by atoms with Crippen LogP contribution in [0, 0.1) is 5.92 Å². The highest BCUT2D eigenvalue weighted by Gasteiger charge is 2.33. The number of amides is 1. The number of fused-ring (bicyclic) bond motifs is 1. The van der Waals surface area contributed by atoms with Gasteiger partial charge in [-0.1, -0.05) is 46.3 Å². The Labute approximate surface area is 178 Å². The molecule has 1 saturated heterocycles. The molecular formula is C22H21BrN2O3S. The van der Waals surface area contributed by atoms with Crippen LogP contribution in [0.25, 0.3) is 10.8 Å². The van der Waals surface area contributed by atoms with Gasteiger partial charge in [0.15, 0.2) is 0 Å². The van der Waals surface area contributed by atoms with E-state index < -0.39 is 10.0 Å². The largest absolute Gasteiger partial charge is 0.326 e. The number of halogens is 1. The Morgan fingerprint density at radius 2 is 1.72 bits per heavy atom. The van der Waals surface area contributed by atoms with Crippen molar-refractivity contribution < 1.29 is 13.2 Å². The number of hydrogen-bond acceptors (Lipinski definition) is 3. The van der Waals surface area contributed by atoms with Crippen molar-refractivity contribution in [3.05, 3.63) is 71.2 Å². The summed E-state index contributed by atoms with van der Waals surface area (Å²) < 4.78 is 28.7. The number of hydrogen-bond donors (Lipinski definition) is 1. The SMILES string of the molecule is O=C(Nc1ccc(Br)cc1)[C@H]1CCCN(S(=O)(=O)c2ccc3ccccc3c2)C1. The van der Waals surface area contributed by atoms with E-state index in [4.69, 9.17) is 0 Å². The van der Waals surface area contributed by atoms with E-state index in [1.807, 2.05) is 54.6 Å². The lowest BCUT2D eigenvalue weighted by atomic mass is 9.99. The Balaban J connectivity index is 1.51. The average Bonchev–Trinajstić information content (AvgIpc) is 2.75. The quantitative estimate of drug-likeness (QED) is 0.601. The van der Waals surface area contributed by atoms with Crippen molar-refractivity contribution in [2.24, 2.45) is 5.92 Å². The number of carbonyl (C=O) groups is 1. The standard InChI is InChI=1S/C22H21BrN2O3S/c23-19-8-10-20(11-9-19)24-22(26)18-6-3-13-25(15-18)29(27,28)21-12-7-16-4-1-2-5-17(16)14-21/h1-2,4-5,7-12,14,18H,3,6,13,15H2,(H,24,26)/t18-/m0/s1. The molecule has 0 bridgehead atoms. The van der Waals surface area contributed by atoms with Crippen LogP contribution in [0.2, 0.25) is 0 Å². The summed E-state index contributed by atoms with van der Waals surface area (Å²) in [5.41, 5.74) is 0.702. The fraction of sp³-hybridized carbons (Fsp3) is 0.227. The van der Waals surface area contributed by atoms with Gasteiger partial charge >= 0.3 is 0 Å². The molecule has 0 aliphatic carbocycles. The lowest BCUT2D eigenvalue weighted by Gasteiger charge is -2.31. The topological polar surface area (TPSA) is 66.5 Å². The molecule has 150 valence electrons. The molecule has 3 aromatic carbocycles. The molecule has 1 atom stereocenters. The van der Waals surface area contributed by atoms with E-state index in [0.717, 1.165) is 15.2 Å². The fourth-order valence-electron chi connectivity index (χ4n) is 3.63. The first-order valence-corrected chi connectivity index (χ1v) is 11.7. The lowest BCUT2D eigenvalue weighted by Crippen LogP contribution is -2.43. The summed E-state index contributed by atoms with van der Waals surface area (Å²) in [7, 11) is -3.65. The fourth-order valence-corrected chi connectivity index (χ4v) is 5.45. The number of sulfonamides is 1. The highest BCUT2D eigenvalue weighted by atomic mass is 79.9. The number of benzene rings is 3. The Kier molecular flexibility index (Phi) is 5.72. The van der Waals surface area contributed by atoms with E-state index in [1.165, 1.54) is 4.31 Å². The van der Waals surface area contributed by atoms with Crippen molar-refractivity contribution >= 4 is 48.3 Å². The molecular weight excluding hydrogens is 452 g/mol. The van der Waals surface area contributed by atoms with Gasteiger partial charge in [-0.3, -0.25) is 4.79 Å². The van der Waals surface area contributed by atoms with Crippen molar-refractivity contribution in [3.63, 3.8) is 0 Å². The molecule has 1 heterocycles. The third-order valence-corrected chi connectivity index (χ3v) is 7.62. The predicted molar refractivity (Wildman–Crippen MR) is 118 cm³/mol. The second kappa shape index (κ2) is 8.26. The molecule has 0 aromatic heterocycles. The number of piperidine rings is 1. The van der Waals surface area contributed by atoms with E-state index in [-0.39, 0.29) is 23.3 Å². The van der Waals surface area contributed by atoms with E-state index >= 15 is 0 Å². The number of nitrogens with zero attached hydrogens (tertiary/aromatic N) is 1. The van der Waals surface area contributed by atoms with Crippen LogP contribution in [0.1, 0.15) is 12.8 Å². The molecule has 4 rings (SSSR count). The van der Waals surface area contributed by atoms with Gasteiger partial charge in [-0.25, -0.2) is 8.42 Å². The van der Waals surface area contributed by atoms with Crippen LogP contribution in [-0.4, -0.2) is 31.7 Å². The van der Waals surface area contributed by atoms with Crippen LogP contribution >= 0.6 is 15.9 Å². The minimum absolute atomic E-state index is 0.147. The molecule has 3 aromatic rings. The van der Waals surface area contributed by atoms with Gasteiger partial charge in [-0.2, -0.15) is 4.31 Å². The maximum atomic E-state index is 13.2. The van der Waals surface area contributed by atoms with Crippen LogP contribution < -0.4 is 5.32 Å². The van der Waals surface area contributed by atoms with Crippen molar-refractivity contribution in [1.29, 1.82) is 0 Å². The van der Waals surface area contributed by atoms with Crippen LogP contribution in [-0.2, 0) is 14.8 Å². The Hall–Kier alpha value is -2.22. The van der Waals surface area contributed by atoms with Crippen LogP contribution in [0.4, 0.5) is 5.69 Å². The second-order valence-electron chi connectivity index (χ2n) is 7.21. The van der Waals surface area contributed by atoms with Gasteiger partial charge in [0.25, 0.3) is 0 Å². The maximum Gasteiger partial charge on any atom is 0.243 e. The minimum atomic E-state index is -3.65. The minimum Gasteiger partial charge on any atom is -0.326 e. The van der Waals surface area contributed by atoms with E-state index in [2.05, 4.69) is 21.2 Å². The summed E-state index contributed by atoms with van der Waals surface area (Å²) in [5.74, 6) is -0.520. The van der Waals surface area contributed by atoms with E-state index in [1.54, 1.807) is 12.1 Å². The molecule has 1 aliphatic heterocycles. The number of nitrogens with one attached hydrogen (secondary N) is 1. The number of rotatable bonds is 4. The van der Waals surface area contributed by atoms with E-state index in [0.29, 0.717) is 25.1 Å². The Morgan fingerprint density at radius 3 is 2.48 bits per heavy atom. The summed E-state index contributed by atoms with van der Waals surface area (Å²) >= 11 is 3.37. The smallest absolute Gasteiger partial charge is 0.243 e. The molecule has 1 fully saturated rings. The van der Waals surface area contributed by atoms with Gasteiger partial charge in [0.1, 0.15) is 0 Å². The molecule has 0 saturated carbocycles. The first-order valence-electron chi connectivity index (χ1n) is 9.49. The van der Waals surface area contributed by atoms with Gasteiger partial charge in [0, 0.05) is 23.2 Å². The third-order valence-electron chi connectivity index (χ3n) is 5.23. The highest BCUT2D eigenvalue weighted by Crippen LogP contribution is 2.27. The first kappa shape index (κ1) is 20.1. The molecule has 5 nitrogen and oxygen atoms in total. The number of anilines is 1. The molecule has 1 amide bonds. The molecule has 29 heavy (non-hydrogen) atoms. The van der Waals surface area contributed by atoms with E-state index in [9.17, 15) is 13.2 Å². The monoisotopic (exact) mass is 472 g/mol. The summed E-state index contributed by atoms with van der Waals surface area (Å²) in [5, 5.41) is 4.77. The predicted octanol–water partition coefficient (Wildman–Crippen LogP) is 4.64. The third kappa shape index (κ3) is 4.37. The zero-order chi connectivity index (χ0) is 20.4. The van der Waals surface area contributed by atoms with Gasteiger partial charge < -0.3 is 5.32 Å². The van der Waals surface area contributed by atoms with Crippen molar-refractivity contribution in [2.45, 2.75) is 17.7 Å². The van der Waals surface area contributed by atoms with Crippen molar-refractivity contribution in [1.82, 2.24) is 4.31 Å². The zero-order valence-corrected chi connectivity index (χ0v) is 18.1. The molecule has 0 unspecified atom stereocenters. The van der Waals surface area contributed by atoms with Crippen LogP contribution in [0.3, 0.4) is 0 Å². The van der Waals surface area contributed by atoms with Crippen molar-refractivity contribution in [2.75, 3.05) is 18.4 Å². The van der Waals surface area contributed by atoms with Gasteiger partial charge in [-0.05, 0) is 60.0 Å². The molecule has 0 spiro atoms. The van der Waals surface area contributed by atoms with Crippen molar-refractivity contribution in [3.8, 4) is 0 Å². The normalized spacial score (nSPS) is 17.9. The first-order chi connectivity index (χ1) is 13.9. The molecule has 7 heteroatoms. The Morgan fingerprint density at radius 1 is 1.00 bits per heavy atom. The molecule has 0 radical (unpaired) electrons.